The van der Waals surface area contributed by atoms with E-state index in [4.69, 9.17) is 4.74 Å². The zero-order valence-electron chi connectivity index (χ0n) is 9.27. The van der Waals surface area contributed by atoms with E-state index >= 15 is 0 Å². The van der Waals surface area contributed by atoms with Crippen molar-refractivity contribution >= 4 is 11.3 Å². The standard InChI is InChI=1S/C11H18N2OS/c1-8-3-4-10(14-8)7-13-9(2)11-12-5-6-15-11/h5-6,8-10,13H,3-4,7H2,1-2H3. The minimum absolute atomic E-state index is 0.338. The molecule has 0 amide bonds. The molecule has 1 fully saturated rings. The highest BCUT2D eigenvalue weighted by atomic mass is 32.1. The van der Waals surface area contributed by atoms with E-state index in [9.17, 15) is 0 Å². The molecule has 15 heavy (non-hydrogen) atoms. The van der Waals surface area contributed by atoms with Crippen LogP contribution in [0.1, 0.15) is 37.7 Å². The highest BCUT2D eigenvalue weighted by Gasteiger charge is 2.22. The number of hydrogen-bond acceptors (Lipinski definition) is 4. The van der Waals surface area contributed by atoms with Crippen molar-refractivity contribution in [2.24, 2.45) is 0 Å². The minimum Gasteiger partial charge on any atom is -0.374 e. The zero-order chi connectivity index (χ0) is 10.7. The van der Waals surface area contributed by atoms with E-state index < -0.39 is 0 Å². The molecule has 3 nitrogen and oxygen atoms in total. The number of ether oxygens (including phenoxy) is 1. The van der Waals surface area contributed by atoms with Gasteiger partial charge >= 0.3 is 0 Å². The van der Waals surface area contributed by atoms with Gasteiger partial charge in [-0.15, -0.1) is 11.3 Å². The van der Waals surface area contributed by atoms with E-state index in [0.29, 0.717) is 18.2 Å². The first-order valence-corrected chi connectivity index (χ1v) is 6.42. The van der Waals surface area contributed by atoms with Gasteiger partial charge in [0.15, 0.2) is 0 Å². The van der Waals surface area contributed by atoms with Crippen molar-refractivity contribution in [1.29, 1.82) is 0 Å². The quantitative estimate of drug-likeness (QED) is 0.856. The maximum absolute atomic E-state index is 5.75. The van der Waals surface area contributed by atoms with E-state index in [1.807, 2.05) is 11.6 Å². The number of aromatic nitrogens is 1. The maximum Gasteiger partial charge on any atom is 0.109 e. The number of nitrogens with one attached hydrogen (secondary N) is 1. The minimum atomic E-state index is 0.338. The molecule has 1 aromatic rings. The highest BCUT2D eigenvalue weighted by molar-refractivity contribution is 7.09. The van der Waals surface area contributed by atoms with Gasteiger partial charge < -0.3 is 10.1 Å². The lowest BCUT2D eigenvalue weighted by Gasteiger charge is -2.15. The van der Waals surface area contributed by atoms with Gasteiger partial charge in [-0.05, 0) is 26.7 Å². The van der Waals surface area contributed by atoms with E-state index in [1.165, 1.54) is 12.8 Å². The summed E-state index contributed by atoms with van der Waals surface area (Å²) in [4.78, 5) is 4.29. The highest BCUT2D eigenvalue weighted by Crippen LogP contribution is 2.20. The Labute approximate surface area is 94.9 Å². The molecule has 0 spiro atoms. The topological polar surface area (TPSA) is 34.2 Å². The number of hydrogen-bond donors (Lipinski definition) is 1. The van der Waals surface area contributed by atoms with Gasteiger partial charge in [-0.3, -0.25) is 0 Å². The van der Waals surface area contributed by atoms with Gasteiger partial charge in [0.25, 0.3) is 0 Å². The summed E-state index contributed by atoms with van der Waals surface area (Å²) in [6, 6.07) is 0.338. The van der Waals surface area contributed by atoms with Crippen LogP contribution < -0.4 is 5.32 Å². The van der Waals surface area contributed by atoms with Gasteiger partial charge in [-0.1, -0.05) is 0 Å². The fraction of sp³-hybridized carbons (Fsp3) is 0.727. The zero-order valence-corrected chi connectivity index (χ0v) is 10.1. The van der Waals surface area contributed by atoms with Crippen LogP contribution in [0.15, 0.2) is 11.6 Å². The molecular weight excluding hydrogens is 208 g/mol. The number of nitrogens with zero attached hydrogens (tertiary/aromatic N) is 1. The summed E-state index contributed by atoms with van der Waals surface area (Å²) in [5.74, 6) is 0. The molecule has 0 bridgehead atoms. The largest absolute Gasteiger partial charge is 0.374 e. The fourth-order valence-corrected chi connectivity index (χ4v) is 2.55. The third-order valence-electron chi connectivity index (χ3n) is 2.79. The Bertz CT molecular complexity index is 289. The molecule has 1 aromatic heterocycles. The van der Waals surface area contributed by atoms with Crippen molar-refractivity contribution in [3.63, 3.8) is 0 Å². The van der Waals surface area contributed by atoms with Gasteiger partial charge in [0, 0.05) is 18.1 Å². The predicted octanol–water partition coefficient (Wildman–Crippen LogP) is 2.36. The van der Waals surface area contributed by atoms with Crippen molar-refractivity contribution in [2.45, 2.75) is 44.9 Å². The lowest BCUT2D eigenvalue weighted by atomic mass is 10.2. The first kappa shape index (κ1) is 11.0. The van der Waals surface area contributed by atoms with Gasteiger partial charge in [0.05, 0.1) is 18.2 Å². The summed E-state index contributed by atoms with van der Waals surface area (Å²) in [5.41, 5.74) is 0. The van der Waals surface area contributed by atoms with Gasteiger partial charge in [-0.2, -0.15) is 0 Å². The van der Waals surface area contributed by atoms with Crippen LogP contribution in [0.2, 0.25) is 0 Å². The molecule has 2 rings (SSSR count). The first-order valence-electron chi connectivity index (χ1n) is 5.54. The summed E-state index contributed by atoms with van der Waals surface area (Å²) in [7, 11) is 0. The summed E-state index contributed by atoms with van der Waals surface area (Å²) < 4.78 is 5.75. The third-order valence-corrected chi connectivity index (χ3v) is 3.75. The van der Waals surface area contributed by atoms with Crippen molar-refractivity contribution in [3.05, 3.63) is 16.6 Å². The number of rotatable bonds is 4. The van der Waals surface area contributed by atoms with Crippen molar-refractivity contribution < 1.29 is 4.74 Å². The van der Waals surface area contributed by atoms with Crippen LogP contribution in [0, 0.1) is 0 Å². The molecule has 2 heterocycles. The molecule has 0 aromatic carbocycles. The van der Waals surface area contributed by atoms with Crippen LogP contribution >= 0.6 is 11.3 Å². The monoisotopic (exact) mass is 226 g/mol. The van der Waals surface area contributed by atoms with E-state index in [1.54, 1.807) is 11.3 Å². The van der Waals surface area contributed by atoms with Gasteiger partial charge in [-0.25, -0.2) is 4.98 Å². The molecule has 1 aliphatic heterocycles. The summed E-state index contributed by atoms with van der Waals surface area (Å²) in [6.45, 7) is 5.23. The van der Waals surface area contributed by atoms with E-state index in [-0.39, 0.29) is 0 Å². The Morgan fingerprint density at radius 2 is 2.53 bits per heavy atom. The Balaban J connectivity index is 1.74. The summed E-state index contributed by atoms with van der Waals surface area (Å²) in [5, 5.41) is 6.64. The average molecular weight is 226 g/mol. The first-order chi connectivity index (χ1) is 7.25. The molecular formula is C11H18N2OS. The van der Waals surface area contributed by atoms with Crippen LogP contribution in [-0.2, 0) is 4.74 Å². The van der Waals surface area contributed by atoms with Crippen LogP contribution in [-0.4, -0.2) is 23.7 Å². The molecule has 0 saturated carbocycles. The Morgan fingerprint density at radius 3 is 3.13 bits per heavy atom. The van der Waals surface area contributed by atoms with Gasteiger partial charge in [0.1, 0.15) is 5.01 Å². The molecule has 1 N–H and O–H groups in total. The second kappa shape index (κ2) is 5.05. The van der Waals surface area contributed by atoms with Crippen molar-refractivity contribution in [2.75, 3.05) is 6.54 Å². The third kappa shape index (κ3) is 3.00. The lowest BCUT2D eigenvalue weighted by molar-refractivity contribution is 0.0546. The Kier molecular flexibility index (Phi) is 3.72. The van der Waals surface area contributed by atoms with Crippen LogP contribution in [0.5, 0.6) is 0 Å². The van der Waals surface area contributed by atoms with Crippen molar-refractivity contribution in [3.8, 4) is 0 Å². The van der Waals surface area contributed by atoms with Crippen LogP contribution in [0.25, 0.3) is 0 Å². The molecule has 3 unspecified atom stereocenters. The predicted molar refractivity (Wildman–Crippen MR) is 62.1 cm³/mol. The van der Waals surface area contributed by atoms with Crippen LogP contribution in [0.4, 0.5) is 0 Å². The van der Waals surface area contributed by atoms with Crippen molar-refractivity contribution in [1.82, 2.24) is 10.3 Å². The number of thiazole rings is 1. The molecule has 0 aliphatic carbocycles. The Morgan fingerprint density at radius 1 is 1.67 bits per heavy atom. The summed E-state index contributed by atoms with van der Waals surface area (Å²) in [6.07, 6.45) is 5.05. The molecule has 84 valence electrons. The SMILES string of the molecule is CC1CCC(CNC(C)c2nccs2)O1. The Hall–Kier alpha value is -0.450. The van der Waals surface area contributed by atoms with Gasteiger partial charge in [0.2, 0.25) is 0 Å². The van der Waals surface area contributed by atoms with Crippen LogP contribution in [0.3, 0.4) is 0 Å². The van der Waals surface area contributed by atoms with E-state index in [0.717, 1.165) is 11.6 Å². The fourth-order valence-electron chi connectivity index (χ4n) is 1.88. The molecule has 0 radical (unpaired) electrons. The smallest absolute Gasteiger partial charge is 0.109 e. The average Bonchev–Trinajstić information content (AvgIpc) is 2.84. The second-order valence-electron chi connectivity index (χ2n) is 4.15. The maximum atomic E-state index is 5.75. The second-order valence-corrected chi connectivity index (χ2v) is 5.07. The molecule has 1 aliphatic rings. The normalized spacial score (nSPS) is 28.1. The lowest BCUT2D eigenvalue weighted by Crippen LogP contribution is -2.29. The summed E-state index contributed by atoms with van der Waals surface area (Å²) >= 11 is 1.70. The molecule has 1 saturated heterocycles. The molecule has 4 heteroatoms. The molecule has 3 atom stereocenters. The van der Waals surface area contributed by atoms with E-state index in [2.05, 4.69) is 24.1 Å².